The molecule has 0 heterocycles. The van der Waals surface area contributed by atoms with E-state index in [9.17, 15) is 4.79 Å². The van der Waals surface area contributed by atoms with Crippen molar-refractivity contribution in [2.24, 2.45) is 10.4 Å². The van der Waals surface area contributed by atoms with Crippen LogP contribution in [0, 0.1) is 5.41 Å². The maximum Gasteiger partial charge on any atom is 0.230 e. The van der Waals surface area contributed by atoms with E-state index in [-0.39, 0.29) is 11.3 Å². The van der Waals surface area contributed by atoms with Gasteiger partial charge in [-0.15, -0.1) is 0 Å². The van der Waals surface area contributed by atoms with Gasteiger partial charge in [0.2, 0.25) is 5.91 Å². The minimum absolute atomic E-state index is 0.237. The number of hydrogen-bond acceptors (Lipinski definition) is 3. The molecule has 134 valence electrons. The van der Waals surface area contributed by atoms with Gasteiger partial charge in [-0.1, -0.05) is 26.7 Å². The van der Waals surface area contributed by atoms with Gasteiger partial charge in [0.25, 0.3) is 0 Å². The van der Waals surface area contributed by atoms with Gasteiger partial charge in [0.1, 0.15) is 0 Å². The van der Waals surface area contributed by atoms with Crippen LogP contribution in [0.5, 0.6) is 0 Å². The molecule has 0 aromatic carbocycles. The average molecular weight is 326 g/mol. The van der Waals surface area contributed by atoms with Crippen LogP contribution in [0.3, 0.4) is 0 Å². The first-order valence-corrected chi connectivity index (χ1v) is 8.87. The topological polar surface area (TPSA) is 60.0 Å². The number of likely N-dealkylation sites (N-methyl/N-ethyl adjacent to an activating group) is 1. The first-order chi connectivity index (χ1) is 11.0. The number of nitrogens with zero attached hydrogens (tertiary/aromatic N) is 3. The summed E-state index contributed by atoms with van der Waals surface area (Å²) in [5, 5.41) is 6.72. The summed E-state index contributed by atoms with van der Waals surface area (Å²) in [6, 6.07) is 0. The minimum Gasteiger partial charge on any atom is -0.355 e. The molecule has 0 aromatic heterocycles. The Morgan fingerprint density at radius 2 is 1.74 bits per heavy atom. The average Bonchev–Trinajstić information content (AvgIpc) is 3.03. The van der Waals surface area contributed by atoms with Crippen LogP contribution in [0.4, 0.5) is 0 Å². The van der Waals surface area contributed by atoms with Gasteiger partial charge in [-0.25, -0.2) is 0 Å². The molecular weight excluding hydrogens is 290 g/mol. The maximum absolute atomic E-state index is 12.6. The van der Waals surface area contributed by atoms with Crippen molar-refractivity contribution in [3.05, 3.63) is 0 Å². The molecule has 0 radical (unpaired) electrons. The van der Waals surface area contributed by atoms with E-state index in [1.165, 1.54) is 0 Å². The third kappa shape index (κ3) is 5.68. The zero-order valence-corrected chi connectivity index (χ0v) is 15.6. The SMILES string of the molecule is CCN(CC)CCNC(=NC)NCC1(C(=O)N(C)C)CCCC1. The second-order valence-corrected chi connectivity index (χ2v) is 6.57. The highest BCUT2D eigenvalue weighted by molar-refractivity contribution is 5.85. The molecule has 0 bridgehead atoms. The van der Waals surface area contributed by atoms with Crippen molar-refractivity contribution in [3.8, 4) is 0 Å². The molecule has 1 aliphatic rings. The third-order valence-electron chi connectivity index (χ3n) is 4.85. The molecule has 2 N–H and O–H groups in total. The molecule has 6 heteroatoms. The molecule has 1 aliphatic carbocycles. The molecule has 0 atom stereocenters. The molecular formula is C17H35N5O. The van der Waals surface area contributed by atoms with Crippen LogP contribution in [0.1, 0.15) is 39.5 Å². The van der Waals surface area contributed by atoms with Crippen molar-refractivity contribution in [3.63, 3.8) is 0 Å². The van der Waals surface area contributed by atoms with E-state index in [1.54, 1.807) is 11.9 Å². The number of hydrogen-bond donors (Lipinski definition) is 2. The van der Waals surface area contributed by atoms with Gasteiger partial charge >= 0.3 is 0 Å². The van der Waals surface area contributed by atoms with Crippen LogP contribution in [-0.4, -0.2) is 75.5 Å². The Labute approximate surface area is 141 Å². The van der Waals surface area contributed by atoms with Crippen molar-refractivity contribution < 1.29 is 4.79 Å². The normalized spacial score (nSPS) is 17.4. The summed E-state index contributed by atoms with van der Waals surface area (Å²) >= 11 is 0. The molecule has 23 heavy (non-hydrogen) atoms. The molecule has 0 aromatic rings. The lowest BCUT2D eigenvalue weighted by Crippen LogP contribution is -2.50. The summed E-state index contributed by atoms with van der Waals surface area (Å²) in [6.07, 6.45) is 4.20. The summed E-state index contributed by atoms with van der Waals surface area (Å²) < 4.78 is 0. The Kier molecular flexibility index (Phi) is 8.37. The van der Waals surface area contributed by atoms with E-state index < -0.39 is 0 Å². The maximum atomic E-state index is 12.6. The molecule has 6 nitrogen and oxygen atoms in total. The number of guanidine groups is 1. The predicted molar refractivity (Wildman–Crippen MR) is 96.7 cm³/mol. The molecule has 0 aliphatic heterocycles. The molecule has 1 saturated carbocycles. The number of carbonyl (C=O) groups is 1. The van der Waals surface area contributed by atoms with Crippen molar-refractivity contribution in [1.29, 1.82) is 0 Å². The lowest BCUT2D eigenvalue weighted by molar-refractivity contribution is -0.138. The van der Waals surface area contributed by atoms with Crippen LogP contribution in [0.15, 0.2) is 4.99 Å². The fourth-order valence-electron chi connectivity index (χ4n) is 3.34. The van der Waals surface area contributed by atoms with Gasteiger partial charge in [0.05, 0.1) is 5.41 Å². The summed E-state index contributed by atoms with van der Waals surface area (Å²) in [6.45, 7) is 8.98. The first kappa shape index (κ1) is 19.7. The fraction of sp³-hybridized carbons (Fsp3) is 0.882. The van der Waals surface area contributed by atoms with Crippen LogP contribution >= 0.6 is 0 Å². The molecule has 0 spiro atoms. The van der Waals surface area contributed by atoms with Crippen LogP contribution in [0.2, 0.25) is 0 Å². The van der Waals surface area contributed by atoms with E-state index in [4.69, 9.17) is 0 Å². The largest absolute Gasteiger partial charge is 0.355 e. The van der Waals surface area contributed by atoms with Crippen molar-refractivity contribution in [2.75, 3.05) is 53.9 Å². The molecule has 1 amide bonds. The highest BCUT2D eigenvalue weighted by Crippen LogP contribution is 2.38. The van der Waals surface area contributed by atoms with Gasteiger partial charge in [-0.2, -0.15) is 0 Å². The van der Waals surface area contributed by atoms with Crippen molar-refractivity contribution in [1.82, 2.24) is 20.4 Å². The third-order valence-corrected chi connectivity index (χ3v) is 4.85. The number of amides is 1. The van der Waals surface area contributed by atoms with E-state index in [0.29, 0.717) is 6.54 Å². The number of aliphatic imine (C=N–C) groups is 1. The van der Waals surface area contributed by atoms with Crippen LogP contribution < -0.4 is 10.6 Å². The summed E-state index contributed by atoms with van der Waals surface area (Å²) in [4.78, 5) is 20.9. The van der Waals surface area contributed by atoms with Gasteiger partial charge < -0.3 is 20.4 Å². The minimum atomic E-state index is -0.264. The van der Waals surface area contributed by atoms with Gasteiger partial charge in [-0.05, 0) is 25.9 Å². The zero-order valence-electron chi connectivity index (χ0n) is 15.6. The zero-order chi connectivity index (χ0) is 17.3. The lowest BCUT2D eigenvalue weighted by atomic mass is 9.84. The number of carbonyl (C=O) groups excluding carboxylic acids is 1. The standard InChI is InChI=1S/C17H35N5O/c1-6-22(7-2)13-12-19-16(18-3)20-14-17(10-8-9-11-17)15(23)21(4)5/h6-14H2,1-5H3,(H2,18,19,20). The first-order valence-electron chi connectivity index (χ1n) is 8.87. The van der Waals surface area contributed by atoms with Gasteiger partial charge in [0, 0.05) is 40.8 Å². The Balaban J connectivity index is 2.50. The second kappa shape index (κ2) is 9.75. The van der Waals surface area contributed by atoms with Gasteiger partial charge in [-0.3, -0.25) is 9.79 Å². The predicted octanol–water partition coefficient (Wildman–Crippen LogP) is 1.14. The summed E-state index contributed by atoms with van der Waals surface area (Å²) in [5.41, 5.74) is -0.264. The second-order valence-electron chi connectivity index (χ2n) is 6.57. The van der Waals surface area contributed by atoms with E-state index >= 15 is 0 Å². The molecule has 1 rings (SSSR count). The van der Waals surface area contributed by atoms with E-state index in [1.807, 2.05) is 14.1 Å². The van der Waals surface area contributed by atoms with Crippen LogP contribution in [-0.2, 0) is 4.79 Å². The lowest BCUT2D eigenvalue weighted by Gasteiger charge is -2.31. The Morgan fingerprint density at radius 1 is 1.13 bits per heavy atom. The smallest absolute Gasteiger partial charge is 0.230 e. The monoisotopic (exact) mass is 325 g/mol. The Morgan fingerprint density at radius 3 is 2.22 bits per heavy atom. The molecule has 0 unspecified atom stereocenters. The molecule has 1 fully saturated rings. The quantitative estimate of drug-likeness (QED) is 0.519. The highest BCUT2D eigenvalue weighted by Gasteiger charge is 2.42. The molecule has 0 saturated heterocycles. The summed E-state index contributed by atoms with van der Waals surface area (Å²) in [7, 11) is 5.47. The Bertz CT molecular complexity index is 384. The number of nitrogens with one attached hydrogen (secondary N) is 2. The number of rotatable bonds is 8. The fourth-order valence-corrected chi connectivity index (χ4v) is 3.34. The van der Waals surface area contributed by atoms with Crippen molar-refractivity contribution >= 4 is 11.9 Å². The van der Waals surface area contributed by atoms with Gasteiger partial charge in [0.15, 0.2) is 5.96 Å². The summed E-state index contributed by atoms with van der Waals surface area (Å²) in [5.74, 6) is 1.02. The van der Waals surface area contributed by atoms with E-state index in [2.05, 4.69) is 34.4 Å². The van der Waals surface area contributed by atoms with Crippen LogP contribution in [0.25, 0.3) is 0 Å². The Hall–Kier alpha value is -1.30. The van der Waals surface area contributed by atoms with E-state index in [0.717, 1.165) is 57.8 Å². The highest BCUT2D eigenvalue weighted by atomic mass is 16.2. The van der Waals surface area contributed by atoms with Crippen molar-refractivity contribution in [2.45, 2.75) is 39.5 Å².